The van der Waals surface area contributed by atoms with Crippen LogP contribution < -0.4 is 10.6 Å². The maximum Gasteiger partial charge on any atom is 0.410 e. The number of amides is 1. The molecule has 1 saturated heterocycles. The Balaban J connectivity index is 0.00000176. The van der Waals surface area contributed by atoms with Gasteiger partial charge in [-0.15, -0.1) is 0 Å². The van der Waals surface area contributed by atoms with E-state index >= 15 is 0 Å². The van der Waals surface area contributed by atoms with E-state index in [1.165, 1.54) is 11.8 Å². The van der Waals surface area contributed by atoms with Crippen molar-refractivity contribution in [3.63, 3.8) is 0 Å². The number of likely N-dealkylation sites (tertiary alicyclic amines) is 1. The lowest BCUT2D eigenvalue weighted by Crippen LogP contribution is -2.44. The number of carbonyl (C=O) groups excluding carboxylic acids is 2. The van der Waals surface area contributed by atoms with Gasteiger partial charge in [0.1, 0.15) is 17.2 Å². The van der Waals surface area contributed by atoms with Gasteiger partial charge in [-0.25, -0.2) is 9.78 Å². The summed E-state index contributed by atoms with van der Waals surface area (Å²) >= 11 is 0. The molecule has 1 amide bonds. The lowest BCUT2D eigenvalue weighted by molar-refractivity contribution is 0.0210. The van der Waals surface area contributed by atoms with Crippen molar-refractivity contribution in [2.75, 3.05) is 23.7 Å². The number of aldehydes is 1. The molecule has 194 valence electrons. The van der Waals surface area contributed by atoms with Gasteiger partial charge < -0.3 is 20.3 Å². The first-order valence-corrected chi connectivity index (χ1v) is 12.7. The lowest BCUT2D eigenvalue weighted by Gasteiger charge is -2.34. The van der Waals surface area contributed by atoms with Crippen LogP contribution in [0.3, 0.4) is 0 Å². The number of nitrogens with zero attached hydrogens (tertiary/aromatic N) is 4. The number of nitrogens with one attached hydrogen (secondary N) is 2. The van der Waals surface area contributed by atoms with Crippen LogP contribution in [0.25, 0.3) is 5.65 Å². The number of carbonyl (C=O) groups is 2. The average molecular weight is 495 g/mol. The summed E-state index contributed by atoms with van der Waals surface area (Å²) in [6.07, 6.45) is 4.49. The van der Waals surface area contributed by atoms with Crippen molar-refractivity contribution in [2.45, 2.75) is 72.4 Å². The van der Waals surface area contributed by atoms with E-state index in [2.05, 4.69) is 39.8 Å². The molecule has 3 heterocycles. The summed E-state index contributed by atoms with van der Waals surface area (Å²) in [5.41, 5.74) is 2.55. The van der Waals surface area contributed by atoms with Gasteiger partial charge in [-0.2, -0.15) is 9.61 Å². The number of piperidine rings is 1. The molecule has 0 spiro atoms. The molecule has 9 nitrogen and oxygen atoms in total. The van der Waals surface area contributed by atoms with E-state index in [1.54, 1.807) is 9.42 Å². The molecule has 9 heteroatoms. The summed E-state index contributed by atoms with van der Waals surface area (Å²) in [6.45, 7) is 12.9. The number of hydrogen-bond acceptors (Lipinski definition) is 7. The number of ether oxygens (including phenoxy) is 1. The van der Waals surface area contributed by atoms with Gasteiger partial charge in [0.25, 0.3) is 0 Å². The van der Waals surface area contributed by atoms with Gasteiger partial charge in [0.05, 0.1) is 11.8 Å². The topological polar surface area (TPSA) is 101 Å². The molecule has 4 rings (SSSR count). The second kappa shape index (κ2) is 11.9. The summed E-state index contributed by atoms with van der Waals surface area (Å²) in [5, 5.41) is 11.3. The molecule has 0 unspecified atom stereocenters. The van der Waals surface area contributed by atoms with Crippen LogP contribution in [0.4, 0.5) is 22.1 Å². The molecule has 0 bridgehead atoms. The maximum atomic E-state index is 12.4. The van der Waals surface area contributed by atoms with Crippen LogP contribution in [0, 0.1) is 0 Å². The summed E-state index contributed by atoms with van der Waals surface area (Å²) in [4.78, 5) is 30.3. The van der Waals surface area contributed by atoms with Gasteiger partial charge >= 0.3 is 6.09 Å². The molecular formula is C27H38N6O3. The molecule has 0 aliphatic carbocycles. The van der Waals surface area contributed by atoms with Crippen molar-refractivity contribution in [1.29, 1.82) is 0 Å². The third kappa shape index (κ3) is 6.74. The molecule has 1 fully saturated rings. The van der Waals surface area contributed by atoms with Crippen LogP contribution in [0.15, 0.2) is 36.5 Å². The minimum atomic E-state index is -0.509. The molecule has 3 aromatic rings. The minimum Gasteiger partial charge on any atom is -0.444 e. The van der Waals surface area contributed by atoms with Gasteiger partial charge in [0.15, 0.2) is 11.9 Å². The largest absolute Gasteiger partial charge is 0.444 e. The van der Waals surface area contributed by atoms with E-state index in [9.17, 15) is 9.59 Å². The van der Waals surface area contributed by atoms with E-state index in [4.69, 9.17) is 4.74 Å². The fraction of sp³-hybridized carbons (Fsp3) is 0.481. The molecule has 1 aliphatic heterocycles. The molecule has 1 aliphatic rings. The van der Waals surface area contributed by atoms with Crippen LogP contribution in [0.5, 0.6) is 0 Å². The highest BCUT2D eigenvalue weighted by molar-refractivity contribution is 5.85. The Labute approximate surface area is 213 Å². The van der Waals surface area contributed by atoms with Crippen LogP contribution >= 0.6 is 0 Å². The Morgan fingerprint density at radius 1 is 1.19 bits per heavy atom. The van der Waals surface area contributed by atoms with Crippen LogP contribution in [-0.2, 0) is 11.2 Å². The Morgan fingerprint density at radius 3 is 2.56 bits per heavy atom. The maximum absolute atomic E-state index is 12.4. The molecule has 2 N–H and O–H groups in total. The first-order chi connectivity index (χ1) is 17.3. The quantitative estimate of drug-likeness (QED) is 0.425. The van der Waals surface area contributed by atoms with Crippen molar-refractivity contribution in [3.8, 4) is 0 Å². The van der Waals surface area contributed by atoms with Crippen molar-refractivity contribution in [1.82, 2.24) is 19.5 Å². The fourth-order valence-corrected chi connectivity index (χ4v) is 3.99. The van der Waals surface area contributed by atoms with Crippen LogP contribution in [-0.4, -0.2) is 56.6 Å². The summed E-state index contributed by atoms with van der Waals surface area (Å²) in [5.74, 6) is 1.36. The number of hydrogen-bond donors (Lipinski definition) is 2. The molecular weight excluding hydrogens is 456 g/mol. The van der Waals surface area contributed by atoms with Crippen LogP contribution in [0.1, 0.15) is 70.3 Å². The number of rotatable bonds is 6. The molecule has 2 aromatic heterocycles. The Hall–Kier alpha value is -3.62. The highest BCUT2D eigenvalue weighted by atomic mass is 16.6. The molecule has 0 radical (unpaired) electrons. The predicted octanol–water partition coefficient (Wildman–Crippen LogP) is 5.69. The highest BCUT2D eigenvalue weighted by Gasteiger charge is 2.27. The van der Waals surface area contributed by atoms with E-state index < -0.39 is 5.60 Å². The lowest BCUT2D eigenvalue weighted by atomic mass is 10.1. The Bertz CT molecular complexity index is 1180. The second-order valence-electron chi connectivity index (χ2n) is 9.54. The normalized spacial score (nSPS) is 14.1. The zero-order valence-corrected chi connectivity index (χ0v) is 22.2. The zero-order valence-electron chi connectivity index (χ0n) is 22.2. The molecule has 0 saturated carbocycles. The number of fused-ring (bicyclic) bond motifs is 1. The van der Waals surface area contributed by atoms with Crippen LogP contribution in [0.2, 0.25) is 0 Å². The summed E-state index contributed by atoms with van der Waals surface area (Å²) in [7, 11) is 0. The summed E-state index contributed by atoms with van der Waals surface area (Å²) < 4.78 is 7.15. The number of aromatic nitrogens is 3. The van der Waals surface area contributed by atoms with Crippen molar-refractivity contribution in [2.24, 2.45) is 0 Å². The predicted molar refractivity (Wildman–Crippen MR) is 143 cm³/mol. The highest BCUT2D eigenvalue weighted by Crippen LogP contribution is 2.25. The van der Waals surface area contributed by atoms with E-state index in [1.807, 2.05) is 52.8 Å². The number of anilines is 3. The summed E-state index contributed by atoms with van der Waals surface area (Å²) in [6, 6.07) is 10.2. The first kappa shape index (κ1) is 27.0. The van der Waals surface area contributed by atoms with Crippen molar-refractivity contribution in [3.05, 3.63) is 47.7 Å². The third-order valence-corrected chi connectivity index (χ3v) is 5.73. The minimum absolute atomic E-state index is 0.143. The third-order valence-electron chi connectivity index (χ3n) is 5.73. The average Bonchev–Trinajstić information content (AvgIpc) is 3.28. The van der Waals surface area contributed by atoms with Gasteiger partial charge in [-0.1, -0.05) is 32.9 Å². The SMILES string of the molecule is CC.CCc1cccc(Nc2cc(NC3CCN(C(=O)OC(C)(C)C)CC3)n3ncc(C=O)c3n2)c1. The fourth-order valence-electron chi connectivity index (χ4n) is 3.99. The monoisotopic (exact) mass is 494 g/mol. The van der Waals surface area contributed by atoms with E-state index in [-0.39, 0.29) is 12.1 Å². The Kier molecular flexibility index (Phi) is 8.90. The van der Waals surface area contributed by atoms with Gasteiger partial charge in [0.2, 0.25) is 0 Å². The van der Waals surface area contributed by atoms with Gasteiger partial charge in [0, 0.05) is 30.9 Å². The van der Waals surface area contributed by atoms with Crippen molar-refractivity contribution < 1.29 is 14.3 Å². The number of aryl methyl sites for hydroxylation is 1. The first-order valence-electron chi connectivity index (χ1n) is 12.7. The second-order valence-corrected chi connectivity index (χ2v) is 9.54. The smallest absolute Gasteiger partial charge is 0.410 e. The molecule has 1 aromatic carbocycles. The Morgan fingerprint density at radius 2 is 1.92 bits per heavy atom. The van der Waals surface area contributed by atoms with Crippen molar-refractivity contribution >= 4 is 35.3 Å². The standard InChI is InChI=1S/C25H32N6O3.C2H6/c1-5-17-7-6-8-20(13-17)27-21-14-22(31-23(29-21)18(16-32)15-26-31)28-19-9-11-30(12-10-19)24(33)34-25(2,3)4;1-2/h6-8,13-16,19,28H,5,9-12H2,1-4H3,(H,27,29);1-2H3. The van der Waals surface area contributed by atoms with Gasteiger partial charge in [-0.3, -0.25) is 4.79 Å². The number of benzene rings is 1. The van der Waals surface area contributed by atoms with E-state index in [0.29, 0.717) is 30.1 Å². The van der Waals surface area contributed by atoms with Gasteiger partial charge in [-0.05, 0) is 57.7 Å². The molecule has 0 atom stereocenters. The zero-order chi connectivity index (χ0) is 26.3. The molecule has 36 heavy (non-hydrogen) atoms. The van der Waals surface area contributed by atoms with E-state index in [0.717, 1.165) is 37.1 Å².